The number of allylic oxidation sites excluding steroid dienone is 2. The molecule has 5 rings (SSSR count). The van der Waals surface area contributed by atoms with Crippen LogP contribution >= 0.6 is 22.9 Å². The van der Waals surface area contributed by atoms with Crippen molar-refractivity contribution in [1.29, 1.82) is 0 Å². The summed E-state index contributed by atoms with van der Waals surface area (Å²) in [7, 11) is 3.06. The Morgan fingerprint density at radius 1 is 1.12 bits per heavy atom. The van der Waals surface area contributed by atoms with E-state index >= 15 is 0 Å². The van der Waals surface area contributed by atoms with Crippen LogP contribution in [0.15, 0.2) is 74.0 Å². The first-order valence-electron chi connectivity index (χ1n) is 12.0. The Labute approximate surface area is 236 Å². The standard InChI is InChI=1S/C29H23ClN2O7S/c1-14-25(15(2)33)26(19-8-6-17(37-3)12-23(19)38-4)32-27(34)24(40-29(32)31-14)13-18-7-10-22(39-18)16-5-9-21(30)20(11-16)28(35)36/h5-13,26H,1-4H3,(H,35,36)/b24-13+/t26-/m0/s1. The van der Waals surface area contributed by atoms with Gasteiger partial charge in [-0.25, -0.2) is 9.79 Å². The Morgan fingerprint density at radius 2 is 1.90 bits per heavy atom. The van der Waals surface area contributed by atoms with Gasteiger partial charge in [0.2, 0.25) is 0 Å². The number of carbonyl (C=O) groups is 2. The van der Waals surface area contributed by atoms with E-state index in [-0.39, 0.29) is 21.9 Å². The maximum absolute atomic E-state index is 13.8. The lowest BCUT2D eigenvalue weighted by Crippen LogP contribution is -2.39. The molecule has 0 saturated heterocycles. The molecule has 4 aromatic rings. The van der Waals surface area contributed by atoms with Gasteiger partial charge in [-0.3, -0.25) is 14.2 Å². The summed E-state index contributed by atoms with van der Waals surface area (Å²) in [5.74, 6) is 0.470. The van der Waals surface area contributed by atoms with E-state index in [1.807, 2.05) is 0 Å². The van der Waals surface area contributed by atoms with Gasteiger partial charge in [-0.15, -0.1) is 0 Å². The number of halogens is 1. The SMILES string of the molecule is COc1ccc([C@H]2C(C(C)=O)=C(C)N=c3s/c(=C/c4ccc(-c5ccc(Cl)c(C(=O)O)c5)o4)c(=O)n32)c(OC)c1. The Morgan fingerprint density at radius 3 is 2.58 bits per heavy atom. The van der Waals surface area contributed by atoms with Crippen molar-refractivity contribution in [1.82, 2.24) is 4.57 Å². The van der Waals surface area contributed by atoms with Crippen LogP contribution in [0.5, 0.6) is 11.5 Å². The number of carboxylic acids is 1. The van der Waals surface area contributed by atoms with Crippen LogP contribution in [0.25, 0.3) is 17.4 Å². The molecule has 0 bridgehead atoms. The lowest BCUT2D eigenvalue weighted by molar-refractivity contribution is -0.114. The van der Waals surface area contributed by atoms with E-state index in [1.54, 1.807) is 56.5 Å². The van der Waals surface area contributed by atoms with Gasteiger partial charge < -0.3 is 19.0 Å². The number of thiazole rings is 1. The molecule has 3 heterocycles. The molecular weight excluding hydrogens is 556 g/mol. The van der Waals surface area contributed by atoms with Crippen molar-refractivity contribution in [3.05, 3.63) is 101 Å². The molecule has 0 spiro atoms. The highest BCUT2D eigenvalue weighted by Crippen LogP contribution is 2.37. The predicted octanol–water partition coefficient (Wildman–Crippen LogP) is 4.45. The van der Waals surface area contributed by atoms with Crippen LogP contribution in [0.1, 0.15) is 41.6 Å². The van der Waals surface area contributed by atoms with Gasteiger partial charge in [0.15, 0.2) is 10.6 Å². The number of aromatic carboxylic acids is 1. The second-order valence-corrected chi connectivity index (χ2v) is 10.4. The van der Waals surface area contributed by atoms with E-state index in [4.69, 9.17) is 25.5 Å². The Bertz CT molecular complexity index is 1900. The Hall–Kier alpha value is -4.41. The van der Waals surface area contributed by atoms with Gasteiger partial charge in [-0.05, 0) is 56.3 Å². The molecule has 0 saturated carbocycles. The summed E-state index contributed by atoms with van der Waals surface area (Å²) in [6.45, 7) is 3.19. The fraction of sp³-hybridized carbons (Fsp3) is 0.172. The number of ether oxygens (including phenoxy) is 2. The van der Waals surface area contributed by atoms with Crippen molar-refractivity contribution in [3.63, 3.8) is 0 Å². The Kier molecular flexibility index (Phi) is 7.22. The van der Waals surface area contributed by atoms with Gasteiger partial charge in [0.1, 0.15) is 23.0 Å². The van der Waals surface area contributed by atoms with E-state index in [2.05, 4.69) is 4.99 Å². The first-order chi connectivity index (χ1) is 19.1. The monoisotopic (exact) mass is 578 g/mol. The molecule has 40 heavy (non-hydrogen) atoms. The van der Waals surface area contributed by atoms with Crippen LogP contribution in [0.2, 0.25) is 5.02 Å². The highest BCUT2D eigenvalue weighted by molar-refractivity contribution is 7.07. The minimum atomic E-state index is -1.15. The molecule has 1 aliphatic rings. The van der Waals surface area contributed by atoms with Crippen molar-refractivity contribution in [3.8, 4) is 22.8 Å². The lowest BCUT2D eigenvalue weighted by Gasteiger charge is -2.26. The van der Waals surface area contributed by atoms with Crippen LogP contribution in [-0.2, 0) is 4.79 Å². The van der Waals surface area contributed by atoms with E-state index in [0.29, 0.717) is 54.8 Å². The molecule has 204 valence electrons. The van der Waals surface area contributed by atoms with Gasteiger partial charge in [0, 0.05) is 34.5 Å². The first kappa shape index (κ1) is 27.2. The second-order valence-electron chi connectivity index (χ2n) is 8.95. The molecule has 0 fully saturated rings. The number of furan rings is 1. The molecule has 9 nitrogen and oxygen atoms in total. The van der Waals surface area contributed by atoms with Gasteiger partial charge in [-0.1, -0.05) is 22.9 Å². The molecule has 0 radical (unpaired) electrons. The maximum Gasteiger partial charge on any atom is 0.337 e. The van der Waals surface area contributed by atoms with Crippen LogP contribution in [0.4, 0.5) is 0 Å². The predicted molar refractivity (Wildman–Crippen MR) is 150 cm³/mol. The number of ketones is 1. The molecule has 0 amide bonds. The number of carbonyl (C=O) groups excluding carboxylic acids is 1. The van der Waals surface area contributed by atoms with E-state index < -0.39 is 12.0 Å². The zero-order chi connectivity index (χ0) is 28.7. The number of Topliss-reactive ketones (excluding diaryl/α,β-unsaturated/α-hetero) is 1. The molecular formula is C29H23ClN2O7S. The molecule has 1 aliphatic heterocycles. The summed E-state index contributed by atoms with van der Waals surface area (Å²) in [6, 6.07) is 12.4. The summed E-state index contributed by atoms with van der Waals surface area (Å²) in [6.07, 6.45) is 1.59. The lowest BCUT2D eigenvalue weighted by atomic mass is 9.92. The quantitative estimate of drug-likeness (QED) is 0.344. The average molecular weight is 579 g/mol. The number of rotatable bonds is 7. The number of carboxylic acid groups (broad SMARTS) is 1. The van der Waals surface area contributed by atoms with Crippen molar-refractivity contribution in [2.45, 2.75) is 19.9 Å². The van der Waals surface area contributed by atoms with Crippen molar-refractivity contribution >= 4 is 40.8 Å². The van der Waals surface area contributed by atoms with E-state index in [9.17, 15) is 19.5 Å². The van der Waals surface area contributed by atoms with Crippen LogP contribution in [0.3, 0.4) is 0 Å². The second kappa shape index (κ2) is 10.6. The summed E-state index contributed by atoms with van der Waals surface area (Å²) in [5.41, 5.74) is 1.65. The Balaban J connectivity index is 1.64. The van der Waals surface area contributed by atoms with Crippen LogP contribution in [0, 0.1) is 0 Å². The molecule has 2 aromatic carbocycles. The number of hydrogen-bond acceptors (Lipinski definition) is 8. The first-order valence-corrected chi connectivity index (χ1v) is 13.2. The largest absolute Gasteiger partial charge is 0.497 e. The number of benzene rings is 2. The minimum Gasteiger partial charge on any atom is -0.497 e. The fourth-order valence-electron chi connectivity index (χ4n) is 4.67. The van der Waals surface area contributed by atoms with Gasteiger partial charge >= 0.3 is 5.97 Å². The molecule has 1 atom stereocenters. The third-order valence-corrected chi connectivity index (χ3v) is 7.83. The molecule has 11 heteroatoms. The van der Waals surface area contributed by atoms with Gasteiger partial charge in [-0.2, -0.15) is 0 Å². The smallest absolute Gasteiger partial charge is 0.337 e. The number of nitrogens with zero attached hydrogens (tertiary/aromatic N) is 2. The number of hydrogen-bond donors (Lipinski definition) is 1. The molecule has 2 aromatic heterocycles. The highest BCUT2D eigenvalue weighted by atomic mass is 35.5. The normalized spacial score (nSPS) is 15.0. The zero-order valence-corrected chi connectivity index (χ0v) is 23.4. The van der Waals surface area contributed by atoms with Gasteiger partial charge in [0.05, 0.1) is 35.4 Å². The van der Waals surface area contributed by atoms with E-state index in [1.165, 1.54) is 42.1 Å². The molecule has 0 unspecified atom stereocenters. The van der Waals surface area contributed by atoms with Crippen molar-refractivity contribution in [2.75, 3.05) is 14.2 Å². The topological polar surface area (TPSA) is 120 Å². The third kappa shape index (κ3) is 4.76. The average Bonchev–Trinajstić information content (AvgIpc) is 3.51. The summed E-state index contributed by atoms with van der Waals surface area (Å²) in [4.78, 5) is 43.1. The summed E-state index contributed by atoms with van der Waals surface area (Å²) in [5, 5.41) is 9.50. The maximum atomic E-state index is 13.8. The number of aromatic nitrogens is 1. The van der Waals surface area contributed by atoms with Crippen LogP contribution in [-0.4, -0.2) is 35.6 Å². The van der Waals surface area contributed by atoms with Crippen molar-refractivity contribution in [2.24, 2.45) is 4.99 Å². The molecule has 0 aliphatic carbocycles. The van der Waals surface area contributed by atoms with Crippen LogP contribution < -0.4 is 24.4 Å². The third-order valence-electron chi connectivity index (χ3n) is 6.52. The number of fused-ring (bicyclic) bond motifs is 1. The van der Waals surface area contributed by atoms with Crippen molar-refractivity contribution < 1.29 is 28.6 Å². The molecule has 1 N–H and O–H groups in total. The van der Waals surface area contributed by atoms with E-state index in [0.717, 1.165) is 0 Å². The minimum absolute atomic E-state index is 0.0453. The number of methoxy groups -OCH3 is 2. The summed E-state index contributed by atoms with van der Waals surface area (Å²) >= 11 is 7.16. The highest BCUT2D eigenvalue weighted by Gasteiger charge is 2.32. The fourth-order valence-corrected chi connectivity index (χ4v) is 5.89. The van der Waals surface area contributed by atoms with Gasteiger partial charge in [0.25, 0.3) is 5.56 Å². The zero-order valence-electron chi connectivity index (χ0n) is 21.9. The summed E-state index contributed by atoms with van der Waals surface area (Å²) < 4.78 is 18.7.